The Bertz CT molecular complexity index is 871. The van der Waals surface area contributed by atoms with Crippen molar-refractivity contribution < 1.29 is 4.79 Å². The van der Waals surface area contributed by atoms with Crippen molar-refractivity contribution in [3.8, 4) is 0 Å². The average molecular weight is 349 g/mol. The molecule has 0 aliphatic carbocycles. The number of rotatable bonds is 6. The molecule has 3 rings (SSSR count). The van der Waals surface area contributed by atoms with Crippen molar-refractivity contribution >= 4 is 28.5 Å². The van der Waals surface area contributed by atoms with Crippen LogP contribution in [0.2, 0.25) is 0 Å². The number of aryl methyl sites for hydroxylation is 1. The number of aromatic nitrogens is 2. The van der Waals surface area contributed by atoms with E-state index in [0.717, 1.165) is 17.0 Å². The topological polar surface area (TPSA) is 54.9 Å². The number of nitrogens with one attached hydrogen (secondary N) is 1. The Morgan fingerprint density at radius 1 is 1.08 bits per heavy atom. The fraction of sp³-hybridized carbons (Fsp3) is 0.150. The molecule has 0 aliphatic rings. The van der Waals surface area contributed by atoms with E-state index in [4.69, 9.17) is 0 Å². The van der Waals surface area contributed by atoms with E-state index in [-0.39, 0.29) is 5.91 Å². The molecule has 1 aromatic heterocycles. The third-order valence-electron chi connectivity index (χ3n) is 3.73. The lowest BCUT2D eigenvalue weighted by atomic mass is 10.1. The van der Waals surface area contributed by atoms with Gasteiger partial charge in [-0.05, 0) is 23.6 Å². The number of anilines is 1. The second-order valence-electron chi connectivity index (χ2n) is 5.67. The van der Waals surface area contributed by atoms with Gasteiger partial charge in [0.2, 0.25) is 11.0 Å². The second-order valence-corrected chi connectivity index (χ2v) is 6.73. The number of benzene rings is 2. The Morgan fingerprint density at radius 3 is 2.64 bits per heavy atom. The molecule has 0 radical (unpaired) electrons. The lowest BCUT2D eigenvalue weighted by Gasteiger charge is -2.01. The van der Waals surface area contributed by atoms with Crippen LogP contribution in [0.15, 0.2) is 60.7 Å². The Kier molecular flexibility index (Phi) is 5.69. The van der Waals surface area contributed by atoms with E-state index in [1.807, 2.05) is 54.6 Å². The standard InChI is InChI=1S/C20H19N3OS/c1-15-8-5-6-12-17(15)14-19-22-23-20(25-19)21-18(24)13-7-11-16-9-3-2-4-10-16/h2-12H,13-14H2,1H3,(H,21,23,24)/b11-7+. The van der Waals surface area contributed by atoms with Gasteiger partial charge in [-0.15, -0.1) is 10.2 Å². The van der Waals surface area contributed by atoms with Crippen molar-refractivity contribution in [3.05, 3.63) is 82.4 Å². The van der Waals surface area contributed by atoms with Crippen LogP contribution >= 0.6 is 11.3 Å². The fourth-order valence-corrected chi connectivity index (χ4v) is 3.16. The summed E-state index contributed by atoms with van der Waals surface area (Å²) in [6.07, 6.45) is 4.82. The van der Waals surface area contributed by atoms with Crippen molar-refractivity contribution in [2.45, 2.75) is 19.8 Å². The lowest BCUT2D eigenvalue weighted by molar-refractivity contribution is -0.115. The summed E-state index contributed by atoms with van der Waals surface area (Å²) in [6.45, 7) is 2.08. The molecule has 3 aromatic rings. The first-order valence-electron chi connectivity index (χ1n) is 8.09. The Labute approximate surface area is 151 Å². The monoisotopic (exact) mass is 349 g/mol. The first-order valence-corrected chi connectivity index (χ1v) is 8.91. The van der Waals surface area contributed by atoms with E-state index in [0.29, 0.717) is 11.6 Å². The third kappa shape index (κ3) is 5.09. The predicted molar refractivity (Wildman–Crippen MR) is 103 cm³/mol. The van der Waals surface area contributed by atoms with E-state index in [1.165, 1.54) is 22.5 Å². The molecule has 0 atom stereocenters. The van der Waals surface area contributed by atoms with Crippen LogP contribution in [0.5, 0.6) is 0 Å². The highest BCUT2D eigenvalue weighted by molar-refractivity contribution is 7.15. The maximum atomic E-state index is 12.0. The summed E-state index contributed by atoms with van der Waals surface area (Å²) in [4.78, 5) is 12.0. The molecule has 25 heavy (non-hydrogen) atoms. The minimum atomic E-state index is -0.0919. The van der Waals surface area contributed by atoms with Gasteiger partial charge in [0.05, 0.1) is 0 Å². The van der Waals surface area contributed by atoms with Crippen molar-refractivity contribution in [3.63, 3.8) is 0 Å². The van der Waals surface area contributed by atoms with Gasteiger partial charge in [-0.1, -0.05) is 78.1 Å². The zero-order valence-electron chi connectivity index (χ0n) is 14.0. The van der Waals surface area contributed by atoms with Gasteiger partial charge in [0.25, 0.3) is 0 Å². The van der Waals surface area contributed by atoms with Gasteiger partial charge >= 0.3 is 0 Å². The smallest absolute Gasteiger partial charge is 0.230 e. The predicted octanol–water partition coefficient (Wildman–Crippen LogP) is 4.48. The number of nitrogens with zero attached hydrogens (tertiary/aromatic N) is 2. The molecule has 0 bridgehead atoms. The highest BCUT2D eigenvalue weighted by atomic mass is 32.1. The largest absolute Gasteiger partial charge is 0.300 e. The van der Waals surface area contributed by atoms with Crippen LogP contribution < -0.4 is 5.32 Å². The highest BCUT2D eigenvalue weighted by Crippen LogP contribution is 2.20. The molecule has 126 valence electrons. The molecular weight excluding hydrogens is 330 g/mol. The van der Waals surface area contributed by atoms with E-state index in [2.05, 4.69) is 34.6 Å². The normalized spacial score (nSPS) is 10.9. The Morgan fingerprint density at radius 2 is 1.84 bits per heavy atom. The minimum Gasteiger partial charge on any atom is -0.300 e. The molecule has 0 aliphatic heterocycles. The van der Waals surface area contributed by atoms with Crippen LogP contribution in [0, 0.1) is 6.92 Å². The minimum absolute atomic E-state index is 0.0919. The van der Waals surface area contributed by atoms with Gasteiger partial charge in [-0.3, -0.25) is 4.79 Å². The first kappa shape index (κ1) is 17.0. The van der Waals surface area contributed by atoms with Crippen molar-refractivity contribution in [2.24, 2.45) is 0 Å². The summed E-state index contributed by atoms with van der Waals surface area (Å²) >= 11 is 1.42. The maximum Gasteiger partial charge on any atom is 0.230 e. The molecule has 1 heterocycles. The number of carbonyl (C=O) groups excluding carboxylic acids is 1. The quantitative estimate of drug-likeness (QED) is 0.714. The van der Waals surface area contributed by atoms with E-state index in [1.54, 1.807) is 0 Å². The molecule has 4 nitrogen and oxygen atoms in total. The van der Waals surface area contributed by atoms with Gasteiger partial charge in [0.1, 0.15) is 5.01 Å². The van der Waals surface area contributed by atoms with Crippen LogP contribution in [-0.4, -0.2) is 16.1 Å². The van der Waals surface area contributed by atoms with Crippen LogP contribution in [0.1, 0.15) is 28.1 Å². The molecule has 0 unspecified atom stereocenters. The van der Waals surface area contributed by atoms with Gasteiger partial charge in [0.15, 0.2) is 0 Å². The zero-order valence-corrected chi connectivity index (χ0v) is 14.8. The molecule has 0 fully saturated rings. The molecule has 0 saturated carbocycles. The number of hydrogen-bond donors (Lipinski definition) is 1. The number of carbonyl (C=O) groups is 1. The summed E-state index contributed by atoms with van der Waals surface area (Å²) in [5, 5.41) is 12.5. The summed E-state index contributed by atoms with van der Waals surface area (Å²) < 4.78 is 0. The van der Waals surface area contributed by atoms with Gasteiger partial charge in [-0.2, -0.15) is 0 Å². The van der Waals surface area contributed by atoms with Gasteiger partial charge in [-0.25, -0.2) is 0 Å². The summed E-state index contributed by atoms with van der Waals surface area (Å²) in [6, 6.07) is 18.1. The number of hydrogen-bond acceptors (Lipinski definition) is 4. The summed E-state index contributed by atoms with van der Waals surface area (Å²) in [7, 11) is 0. The summed E-state index contributed by atoms with van der Waals surface area (Å²) in [5.41, 5.74) is 3.53. The molecular formula is C20H19N3OS. The Hall–Kier alpha value is -2.79. The van der Waals surface area contributed by atoms with Crippen LogP contribution in [0.25, 0.3) is 6.08 Å². The first-order chi connectivity index (χ1) is 12.2. The third-order valence-corrected chi connectivity index (χ3v) is 4.57. The van der Waals surface area contributed by atoms with E-state index < -0.39 is 0 Å². The van der Waals surface area contributed by atoms with E-state index in [9.17, 15) is 4.79 Å². The van der Waals surface area contributed by atoms with Gasteiger partial charge in [0, 0.05) is 12.8 Å². The second kappa shape index (κ2) is 8.35. The SMILES string of the molecule is Cc1ccccc1Cc1nnc(NC(=O)C/C=C/c2ccccc2)s1. The fourth-order valence-electron chi connectivity index (χ4n) is 2.38. The molecule has 0 saturated heterocycles. The summed E-state index contributed by atoms with van der Waals surface area (Å²) in [5.74, 6) is -0.0919. The highest BCUT2D eigenvalue weighted by Gasteiger charge is 2.08. The van der Waals surface area contributed by atoms with Crippen molar-refractivity contribution in [1.82, 2.24) is 10.2 Å². The van der Waals surface area contributed by atoms with Crippen molar-refractivity contribution in [2.75, 3.05) is 5.32 Å². The van der Waals surface area contributed by atoms with Gasteiger partial charge < -0.3 is 5.32 Å². The van der Waals surface area contributed by atoms with Crippen LogP contribution in [0.3, 0.4) is 0 Å². The van der Waals surface area contributed by atoms with Crippen molar-refractivity contribution in [1.29, 1.82) is 0 Å². The molecule has 1 amide bonds. The molecule has 2 aromatic carbocycles. The van der Waals surface area contributed by atoms with Crippen LogP contribution in [-0.2, 0) is 11.2 Å². The Balaban J connectivity index is 1.53. The zero-order chi connectivity index (χ0) is 17.5. The molecule has 0 spiro atoms. The molecule has 1 N–H and O–H groups in total. The number of amides is 1. The lowest BCUT2D eigenvalue weighted by Crippen LogP contribution is -2.09. The van der Waals surface area contributed by atoms with Crippen LogP contribution in [0.4, 0.5) is 5.13 Å². The molecule has 5 heteroatoms. The van der Waals surface area contributed by atoms with E-state index >= 15 is 0 Å². The maximum absolute atomic E-state index is 12.0. The average Bonchev–Trinajstić information content (AvgIpc) is 3.05.